The molecule has 0 spiro atoms. The Morgan fingerprint density at radius 3 is 2.67 bits per heavy atom. The molecule has 1 aliphatic heterocycles. The summed E-state index contributed by atoms with van der Waals surface area (Å²) < 4.78 is 0. The lowest BCUT2D eigenvalue weighted by atomic mass is 9.82. The van der Waals surface area contributed by atoms with E-state index in [9.17, 15) is 0 Å². The van der Waals surface area contributed by atoms with Gasteiger partial charge in [0.1, 0.15) is 0 Å². The van der Waals surface area contributed by atoms with Crippen molar-refractivity contribution in [2.45, 2.75) is 58.7 Å². The molecule has 21 heavy (non-hydrogen) atoms. The first-order valence-corrected chi connectivity index (χ1v) is 8.58. The van der Waals surface area contributed by atoms with Crippen LogP contribution < -0.4 is 5.73 Å². The van der Waals surface area contributed by atoms with Crippen LogP contribution in [0, 0.1) is 11.8 Å². The maximum Gasteiger partial charge on any atom is 0.0502 e. The standard InChI is InChI=1S/C18H29ClN2/c1-5-17(20)18(15-7-6-8-16(19)10-15)21-11-12(2)9-13(3)14(21)4/h6-8,10,12-14,17-18H,5,9,11,20H2,1-4H3. The number of piperidine rings is 1. The van der Waals surface area contributed by atoms with Gasteiger partial charge in [0.15, 0.2) is 0 Å². The van der Waals surface area contributed by atoms with Gasteiger partial charge in [0.25, 0.3) is 0 Å². The number of nitrogens with zero attached hydrogens (tertiary/aromatic N) is 1. The SMILES string of the molecule is CCC(N)C(c1cccc(Cl)c1)N1CC(C)CC(C)C1C. The number of nitrogens with two attached hydrogens (primary N) is 1. The number of rotatable bonds is 4. The second-order valence-electron chi connectivity index (χ2n) is 6.83. The second kappa shape index (κ2) is 7.13. The molecule has 0 aliphatic carbocycles. The fraction of sp³-hybridized carbons (Fsp3) is 0.667. The number of benzene rings is 1. The van der Waals surface area contributed by atoms with Crippen LogP contribution in [0.3, 0.4) is 0 Å². The van der Waals surface area contributed by atoms with Gasteiger partial charge in [-0.2, -0.15) is 0 Å². The summed E-state index contributed by atoms with van der Waals surface area (Å²) in [6.45, 7) is 10.3. The molecule has 0 bridgehead atoms. The molecule has 5 unspecified atom stereocenters. The third-order valence-electron chi connectivity index (χ3n) is 5.07. The van der Waals surface area contributed by atoms with Crippen molar-refractivity contribution in [3.05, 3.63) is 34.9 Å². The Balaban J connectivity index is 2.35. The van der Waals surface area contributed by atoms with Crippen LogP contribution in [-0.4, -0.2) is 23.5 Å². The van der Waals surface area contributed by atoms with Gasteiger partial charge in [0, 0.05) is 23.7 Å². The quantitative estimate of drug-likeness (QED) is 0.888. The van der Waals surface area contributed by atoms with Crippen molar-refractivity contribution in [3.8, 4) is 0 Å². The Morgan fingerprint density at radius 2 is 2.05 bits per heavy atom. The van der Waals surface area contributed by atoms with Gasteiger partial charge < -0.3 is 5.73 Å². The van der Waals surface area contributed by atoms with E-state index in [4.69, 9.17) is 17.3 Å². The highest BCUT2D eigenvalue weighted by molar-refractivity contribution is 6.30. The molecule has 1 aromatic carbocycles. The molecule has 1 aliphatic rings. The highest BCUT2D eigenvalue weighted by Crippen LogP contribution is 2.36. The van der Waals surface area contributed by atoms with Crippen molar-refractivity contribution < 1.29 is 0 Å². The van der Waals surface area contributed by atoms with Crippen molar-refractivity contribution >= 4 is 11.6 Å². The van der Waals surface area contributed by atoms with E-state index in [1.54, 1.807) is 0 Å². The Hall–Kier alpha value is -0.570. The third kappa shape index (κ3) is 3.80. The minimum absolute atomic E-state index is 0.142. The topological polar surface area (TPSA) is 29.3 Å². The summed E-state index contributed by atoms with van der Waals surface area (Å²) in [6.07, 6.45) is 2.28. The molecule has 2 rings (SSSR count). The highest BCUT2D eigenvalue weighted by atomic mass is 35.5. The van der Waals surface area contributed by atoms with Gasteiger partial charge >= 0.3 is 0 Å². The molecule has 0 amide bonds. The zero-order chi connectivity index (χ0) is 15.6. The molecular weight excluding hydrogens is 280 g/mol. The van der Waals surface area contributed by atoms with Gasteiger partial charge in [-0.25, -0.2) is 0 Å². The summed E-state index contributed by atoms with van der Waals surface area (Å²) in [5.74, 6) is 1.43. The molecule has 5 atom stereocenters. The maximum absolute atomic E-state index is 6.50. The van der Waals surface area contributed by atoms with E-state index >= 15 is 0 Å². The monoisotopic (exact) mass is 308 g/mol. The summed E-state index contributed by atoms with van der Waals surface area (Å²) in [4.78, 5) is 2.61. The average molecular weight is 309 g/mol. The summed E-state index contributed by atoms with van der Waals surface area (Å²) in [7, 11) is 0. The van der Waals surface area contributed by atoms with Crippen molar-refractivity contribution in [2.24, 2.45) is 17.6 Å². The second-order valence-corrected chi connectivity index (χ2v) is 7.26. The molecule has 1 aromatic rings. The lowest BCUT2D eigenvalue weighted by molar-refractivity contribution is 0.0287. The van der Waals surface area contributed by atoms with Crippen LogP contribution in [0.4, 0.5) is 0 Å². The molecule has 0 radical (unpaired) electrons. The van der Waals surface area contributed by atoms with E-state index in [0.717, 1.165) is 23.9 Å². The molecule has 2 nitrogen and oxygen atoms in total. The van der Waals surface area contributed by atoms with Crippen LogP contribution in [0.25, 0.3) is 0 Å². The van der Waals surface area contributed by atoms with E-state index in [0.29, 0.717) is 12.0 Å². The zero-order valence-electron chi connectivity index (χ0n) is 13.7. The Kier molecular flexibility index (Phi) is 5.70. The van der Waals surface area contributed by atoms with E-state index in [-0.39, 0.29) is 12.1 Å². The predicted octanol–water partition coefficient (Wildman–Crippen LogP) is 4.48. The van der Waals surface area contributed by atoms with Crippen molar-refractivity contribution in [1.82, 2.24) is 4.90 Å². The molecule has 3 heteroatoms. The number of hydrogen-bond acceptors (Lipinski definition) is 2. The van der Waals surface area contributed by atoms with E-state index in [2.05, 4.69) is 44.7 Å². The number of halogens is 1. The van der Waals surface area contributed by atoms with E-state index in [1.165, 1.54) is 12.0 Å². The molecule has 118 valence electrons. The van der Waals surface area contributed by atoms with Crippen molar-refractivity contribution in [2.75, 3.05) is 6.54 Å². The third-order valence-corrected chi connectivity index (χ3v) is 5.30. The van der Waals surface area contributed by atoms with Crippen LogP contribution in [0.2, 0.25) is 5.02 Å². The lowest BCUT2D eigenvalue weighted by Crippen LogP contribution is -2.52. The Bertz CT molecular complexity index is 462. The van der Waals surface area contributed by atoms with Gasteiger partial charge in [0.2, 0.25) is 0 Å². The van der Waals surface area contributed by atoms with Crippen LogP contribution in [0.1, 0.15) is 52.1 Å². The normalized spacial score (nSPS) is 30.1. The Morgan fingerprint density at radius 1 is 1.33 bits per heavy atom. The predicted molar refractivity (Wildman–Crippen MR) is 91.6 cm³/mol. The minimum atomic E-state index is 0.142. The van der Waals surface area contributed by atoms with Crippen molar-refractivity contribution in [3.63, 3.8) is 0 Å². The first kappa shape index (κ1) is 16.8. The molecule has 1 heterocycles. The molecule has 1 saturated heterocycles. The smallest absolute Gasteiger partial charge is 0.0502 e. The number of likely N-dealkylation sites (tertiary alicyclic amines) is 1. The van der Waals surface area contributed by atoms with Crippen LogP contribution in [0.5, 0.6) is 0 Å². The van der Waals surface area contributed by atoms with Gasteiger partial charge in [-0.3, -0.25) is 4.90 Å². The highest BCUT2D eigenvalue weighted by Gasteiger charge is 2.36. The molecule has 0 aromatic heterocycles. The average Bonchev–Trinajstić information content (AvgIpc) is 2.44. The minimum Gasteiger partial charge on any atom is -0.326 e. The van der Waals surface area contributed by atoms with Crippen LogP contribution >= 0.6 is 11.6 Å². The maximum atomic E-state index is 6.50. The van der Waals surface area contributed by atoms with Gasteiger partial charge in [0.05, 0.1) is 6.04 Å². The van der Waals surface area contributed by atoms with Crippen LogP contribution in [0.15, 0.2) is 24.3 Å². The first-order valence-electron chi connectivity index (χ1n) is 8.20. The van der Waals surface area contributed by atoms with Gasteiger partial charge in [-0.05, 0) is 49.3 Å². The van der Waals surface area contributed by atoms with E-state index < -0.39 is 0 Å². The summed E-state index contributed by atoms with van der Waals surface area (Å²) in [5, 5.41) is 0.798. The van der Waals surface area contributed by atoms with Crippen LogP contribution in [-0.2, 0) is 0 Å². The fourth-order valence-corrected chi connectivity index (χ4v) is 3.92. The Labute approximate surface area is 134 Å². The lowest BCUT2D eigenvalue weighted by Gasteiger charge is -2.47. The largest absolute Gasteiger partial charge is 0.326 e. The summed E-state index contributed by atoms with van der Waals surface area (Å²) >= 11 is 6.21. The molecular formula is C18H29ClN2. The zero-order valence-corrected chi connectivity index (χ0v) is 14.5. The molecule has 2 N–H and O–H groups in total. The molecule has 1 fully saturated rings. The van der Waals surface area contributed by atoms with E-state index in [1.807, 2.05) is 12.1 Å². The summed E-state index contributed by atoms with van der Waals surface area (Å²) in [5.41, 5.74) is 7.75. The number of hydrogen-bond donors (Lipinski definition) is 1. The van der Waals surface area contributed by atoms with Gasteiger partial charge in [-0.1, -0.05) is 44.5 Å². The van der Waals surface area contributed by atoms with Gasteiger partial charge in [-0.15, -0.1) is 0 Å². The fourth-order valence-electron chi connectivity index (χ4n) is 3.72. The summed E-state index contributed by atoms with van der Waals surface area (Å²) in [6, 6.07) is 9.18. The first-order chi connectivity index (χ1) is 9.93. The van der Waals surface area contributed by atoms with Crippen molar-refractivity contribution in [1.29, 1.82) is 0 Å². The molecule has 0 saturated carbocycles.